The van der Waals surface area contributed by atoms with Crippen LogP contribution in [0.4, 0.5) is 4.39 Å². The number of likely N-dealkylation sites (N-methyl/N-ethyl adjacent to an activating group) is 1. The molecule has 2 unspecified atom stereocenters. The number of aryl methyl sites for hydroxylation is 1. The number of hydrogen-bond donors (Lipinski definition) is 2. The first kappa shape index (κ1) is 15.8. The van der Waals surface area contributed by atoms with E-state index >= 15 is 0 Å². The maximum Gasteiger partial charge on any atom is 0.324 e. The fourth-order valence-electron chi connectivity index (χ4n) is 2.97. The molecule has 0 aromatic heterocycles. The lowest BCUT2D eigenvalue weighted by Crippen LogP contribution is -2.56. The summed E-state index contributed by atoms with van der Waals surface area (Å²) in [5.41, 5.74) is -0.0452. The molecule has 0 aliphatic heterocycles. The summed E-state index contributed by atoms with van der Waals surface area (Å²) in [5, 5.41) is 12.6. The number of nitrogens with one attached hydrogen (secondary N) is 1. The van der Waals surface area contributed by atoms with Crippen molar-refractivity contribution >= 4 is 5.97 Å². The quantitative estimate of drug-likeness (QED) is 0.877. The molecule has 4 nitrogen and oxygen atoms in total. The van der Waals surface area contributed by atoms with Crippen molar-refractivity contribution in [2.24, 2.45) is 0 Å². The summed E-state index contributed by atoms with van der Waals surface area (Å²) in [6, 6.07) is 4.71. The van der Waals surface area contributed by atoms with E-state index in [1.54, 1.807) is 12.1 Å². The summed E-state index contributed by atoms with van der Waals surface area (Å²) in [6.07, 6.45) is 2.13. The van der Waals surface area contributed by atoms with Crippen LogP contribution in [0, 0.1) is 12.7 Å². The molecule has 2 N–H and O–H groups in total. The molecule has 21 heavy (non-hydrogen) atoms. The van der Waals surface area contributed by atoms with Crippen LogP contribution in [0.15, 0.2) is 18.2 Å². The summed E-state index contributed by atoms with van der Waals surface area (Å²) in [5.74, 6) is -1.06. The lowest BCUT2D eigenvalue weighted by molar-refractivity contribution is -0.147. The predicted octanol–water partition coefficient (Wildman–Crippen LogP) is 2.89. The molecule has 1 fully saturated rings. The molecule has 1 aromatic carbocycles. The molecule has 1 saturated carbocycles. The molecule has 0 saturated heterocycles. The second-order valence-electron chi connectivity index (χ2n) is 5.69. The maximum atomic E-state index is 13.8. The van der Waals surface area contributed by atoms with E-state index in [1.807, 2.05) is 13.8 Å². The second-order valence-corrected chi connectivity index (χ2v) is 5.69. The smallest absolute Gasteiger partial charge is 0.324 e. The molecule has 2 rings (SSSR count). The van der Waals surface area contributed by atoms with Gasteiger partial charge in [0.2, 0.25) is 0 Å². The summed E-state index contributed by atoms with van der Waals surface area (Å²) in [6.45, 7) is 4.33. The normalized spacial score (nSPS) is 25.6. The summed E-state index contributed by atoms with van der Waals surface area (Å²) >= 11 is 0. The van der Waals surface area contributed by atoms with Crippen molar-refractivity contribution in [1.82, 2.24) is 5.32 Å². The molecule has 1 aliphatic carbocycles. The molecule has 0 spiro atoms. The van der Waals surface area contributed by atoms with Crippen LogP contribution in [0.5, 0.6) is 5.75 Å². The molecule has 1 aliphatic rings. The second kappa shape index (κ2) is 6.43. The van der Waals surface area contributed by atoms with Crippen molar-refractivity contribution in [2.45, 2.75) is 51.2 Å². The molecular weight excluding hydrogens is 273 g/mol. The molecule has 1 aromatic rings. The minimum atomic E-state index is -0.960. The third kappa shape index (κ3) is 3.53. The number of carboxylic acids is 1. The predicted molar refractivity (Wildman–Crippen MR) is 78.1 cm³/mol. The SMILES string of the molecule is CCNC1(C(=O)O)CCCC(Oc2cc(C)ccc2F)C1. The van der Waals surface area contributed by atoms with Crippen molar-refractivity contribution in [3.63, 3.8) is 0 Å². The van der Waals surface area contributed by atoms with E-state index in [-0.39, 0.29) is 11.9 Å². The first-order chi connectivity index (χ1) is 9.97. The van der Waals surface area contributed by atoms with Crippen LogP contribution in [0.2, 0.25) is 0 Å². The van der Waals surface area contributed by atoms with Crippen molar-refractivity contribution in [1.29, 1.82) is 0 Å². The highest BCUT2D eigenvalue weighted by molar-refractivity contribution is 5.79. The highest BCUT2D eigenvalue weighted by Crippen LogP contribution is 2.32. The summed E-state index contributed by atoms with van der Waals surface area (Å²) in [7, 11) is 0. The van der Waals surface area contributed by atoms with E-state index in [0.717, 1.165) is 18.4 Å². The number of rotatable bonds is 5. The molecule has 2 atom stereocenters. The van der Waals surface area contributed by atoms with E-state index in [2.05, 4.69) is 5.32 Å². The molecule has 0 radical (unpaired) electrons. The van der Waals surface area contributed by atoms with E-state index in [1.165, 1.54) is 6.07 Å². The lowest BCUT2D eigenvalue weighted by atomic mass is 9.80. The van der Waals surface area contributed by atoms with E-state index in [0.29, 0.717) is 19.4 Å². The van der Waals surface area contributed by atoms with Crippen LogP contribution in [-0.2, 0) is 4.79 Å². The highest BCUT2D eigenvalue weighted by Gasteiger charge is 2.43. The Morgan fingerprint density at radius 3 is 3.00 bits per heavy atom. The van der Waals surface area contributed by atoms with Gasteiger partial charge in [0.1, 0.15) is 11.6 Å². The number of hydrogen-bond acceptors (Lipinski definition) is 3. The van der Waals surface area contributed by atoms with Gasteiger partial charge < -0.3 is 15.2 Å². The van der Waals surface area contributed by atoms with Gasteiger partial charge in [-0.05, 0) is 50.4 Å². The van der Waals surface area contributed by atoms with Gasteiger partial charge in [-0.2, -0.15) is 0 Å². The lowest BCUT2D eigenvalue weighted by Gasteiger charge is -2.38. The first-order valence-electron chi connectivity index (χ1n) is 7.38. The Balaban J connectivity index is 2.13. The average Bonchev–Trinajstić information content (AvgIpc) is 2.43. The first-order valence-corrected chi connectivity index (χ1v) is 7.38. The summed E-state index contributed by atoms with van der Waals surface area (Å²) in [4.78, 5) is 11.6. The number of carboxylic acid groups (broad SMARTS) is 1. The van der Waals surface area contributed by atoms with Crippen molar-refractivity contribution in [2.75, 3.05) is 6.54 Å². The maximum absolute atomic E-state index is 13.8. The fraction of sp³-hybridized carbons (Fsp3) is 0.562. The minimum Gasteiger partial charge on any atom is -0.487 e. The van der Waals surface area contributed by atoms with E-state index in [4.69, 9.17) is 4.74 Å². The third-order valence-corrected chi connectivity index (χ3v) is 4.01. The number of aliphatic carboxylic acids is 1. The molecule has 0 amide bonds. The molecule has 0 bridgehead atoms. The highest BCUT2D eigenvalue weighted by atomic mass is 19.1. The third-order valence-electron chi connectivity index (χ3n) is 4.01. The van der Waals surface area contributed by atoms with Crippen LogP contribution in [-0.4, -0.2) is 29.3 Å². The van der Waals surface area contributed by atoms with Crippen molar-refractivity contribution in [3.8, 4) is 5.75 Å². The van der Waals surface area contributed by atoms with Crippen LogP contribution in [0.25, 0.3) is 0 Å². The van der Waals surface area contributed by atoms with E-state index in [9.17, 15) is 14.3 Å². The Kier molecular flexibility index (Phi) is 4.83. The van der Waals surface area contributed by atoms with Crippen molar-refractivity contribution < 1.29 is 19.0 Å². The zero-order chi connectivity index (χ0) is 15.5. The van der Waals surface area contributed by atoms with Gasteiger partial charge in [0, 0.05) is 6.42 Å². The number of ether oxygens (including phenoxy) is 1. The molecule has 5 heteroatoms. The van der Waals surface area contributed by atoms with Crippen LogP contribution in [0.3, 0.4) is 0 Å². The van der Waals surface area contributed by atoms with Gasteiger partial charge in [0.05, 0.1) is 0 Å². The standard InChI is InChI=1S/C16H22FNO3/c1-3-18-16(15(19)20)8-4-5-12(10-16)21-14-9-11(2)6-7-13(14)17/h6-7,9,12,18H,3-5,8,10H2,1-2H3,(H,19,20). The Labute approximate surface area is 124 Å². The number of benzene rings is 1. The van der Waals surface area contributed by atoms with Gasteiger partial charge in [-0.1, -0.05) is 13.0 Å². The van der Waals surface area contributed by atoms with Gasteiger partial charge in [0.15, 0.2) is 11.6 Å². The van der Waals surface area contributed by atoms with Gasteiger partial charge in [-0.25, -0.2) is 4.39 Å². The van der Waals surface area contributed by atoms with E-state index < -0.39 is 17.3 Å². The fourth-order valence-corrected chi connectivity index (χ4v) is 2.97. The Bertz CT molecular complexity index is 516. The Morgan fingerprint density at radius 2 is 2.33 bits per heavy atom. The Morgan fingerprint density at radius 1 is 1.57 bits per heavy atom. The number of halogens is 1. The zero-order valence-electron chi connectivity index (χ0n) is 12.5. The van der Waals surface area contributed by atoms with Crippen LogP contribution in [0.1, 0.15) is 38.2 Å². The van der Waals surface area contributed by atoms with Crippen molar-refractivity contribution in [3.05, 3.63) is 29.6 Å². The van der Waals surface area contributed by atoms with Gasteiger partial charge >= 0.3 is 5.97 Å². The average molecular weight is 295 g/mol. The van der Waals surface area contributed by atoms with Gasteiger partial charge in [-0.3, -0.25) is 4.79 Å². The largest absolute Gasteiger partial charge is 0.487 e. The summed E-state index contributed by atoms with van der Waals surface area (Å²) < 4.78 is 19.5. The number of carbonyl (C=O) groups is 1. The topological polar surface area (TPSA) is 58.6 Å². The van der Waals surface area contributed by atoms with Gasteiger partial charge in [0.25, 0.3) is 0 Å². The van der Waals surface area contributed by atoms with Crippen LogP contribution >= 0.6 is 0 Å². The van der Waals surface area contributed by atoms with Crippen LogP contribution < -0.4 is 10.1 Å². The minimum absolute atomic E-state index is 0.206. The molecule has 0 heterocycles. The molecular formula is C16H22FNO3. The zero-order valence-corrected chi connectivity index (χ0v) is 12.5. The monoisotopic (exact) mass is 295 g/mol. The Hall–Kier alpha value is -1.62. The molecule has 116 valence electrons. The van der Waals surface area contributed by atoms with Gasteiger partial charge in [-0.15, -0.1) is 0 Å².